The number of hydrogen-bond acceptors (Lipinski definition) is 2. The largest absolute Gasteiger partial charge is 0.303 e. The van der Waals surface area contributed by atoms with Crippen LogP contribution in [0.1, 0.15) is 24.3 Å². The molecule has 1 aromatic heterocycles. The van der Waals surface area contributed by atoms with Gasteiger partial charge in [0.25, 0.3) is 0 Å². The Balaban J connectivity index is 2.04. The average Bonchev–Trinajstić information content (AvgIpc) is 2.73. The van der Waals surface area contributed by atoms with Gasteiger partial charge in [0.15, 0.2) is 0 Å². The summed E-state index contributed by atoms with van der Waals surface area (Å²) < 4.78 is 1.10. The zero-order valence-electron chi connectivity index (χ0n) is 10.3. The summed E-state index contributed by atoms with van der Waals surface area (Å²) in [5.74, 6) is 0. The molecule has 0 aliphatic carbocycles. The fraction of sp³-hybridized carbons (Fsp3) is 0.286. The Morgan fingerprint density at radius 2 is 1.94 bits per heavy atom. The molecule has 0 radical (unpaired) electrons. The second-order valence-corrected chi connectivity index (χ2v) is 7.06. The second-order valence-electron chi connectivity index (χ2n) is 4.72. The molecule has 18 heavy (non-hydrogen) atoms. The highest BCUT2D eigenvalue weighted by Crippen LogP contribution is 2.24. The van der Waals surface area contributed by atoms with Crippen LogP contribution in [-0.4, -0.2) is 0 Å². The van der Waals surface area contributed by atoms with Crippen molar-refractivity contribution in [2.45, 2.75) is 25.9 Å². The molecule has 4 heteroatoms. The van der Waals surface area contributed by atoms with E-state index in [0.717, 1.165) is 16.0 Å². The third kappa shape index (κ3) is 3.58. The van der Waals surface area contributed by atoms with Gasteiger partial charge in [0.05, 0.1) is 5.02 Å². The van der Waals surface area contributed by atoms with E-state index in [1.807, 2.05) is 11.4 Å². The summed E-state index contributed by atoms with van der Waals surface area (Å²) in [7, 11) is 0. The molecule has 0 bridgehead atoms. The quantitative estimate of drug-likeness (QED) is 0.805. The van der Waals surface area contributed by atoms with Crippen molar-refractivity contribution in [1.82, 2.24) is 5.32 Å². The maximum Gasteiger partial charge on any atom is 0.0516 e. The topological polar surface area (TPSA) is 12.0 Å². The van der Waals surface area contributed by atoms with Gasteiger partial charge in [0, 0.05) is 26.8 Å². The summed E-state index contributed by atoms with van der Waals surface area (Å²) in [6.45, 7) is 5.21. The minimum Gasteiger partial charge on any atom is -0.303 e. The highest BCUT2D eigenvalue weighted by atomic mass is 79.9. The average molecular weight is 345 g/mol. The Hall–Kier alpha value is -0.350. The summed E-state index contributed by atoms with van der Waals surface area (Å²) in [4.78, 5) is 1.25. The molecular formula is C14H15BrClNS. The van der Waals surface area contributed by atoms with Crippen LogP contribution in [0.3, 0.4) is 0 Å². The van der Waals surface area contributed by atoms with Crippen LogP contribution < -0.4 is 5.32 Å². The minimum atomic E-state index is -0.0584. The van der Waals surface area contributed by atoms with Gasteiger partial charge in [-0.25, -0.2) is 0 Å². The van der Waals surface area contributed by atoms with E-state index >= 15 is 0 Å². The molecular weight excluding hydrogens is 330 g/mol. The van der Waals surface area contributed by atoms with Crippen molar-refractivity contribution in [3.05, 3.63) is 55.6 Å². The third-order valence-corrected chi connectivity index (χ3v) is 4.71. The molecule has 0 unspecified atom stereocenters. The third-order valence-electron chi connectivity index (χ3n) is 2.89. The van der Waals surface area contributed by atoms with E-state index in [1.54, 1.807) is 11.3 Å². The van der Waals surface area contributed by atoms with Crippen LogP contribution in [0.2, 0.25) is 5.02 Å². The molecule has 0 spiro atoms. The van der Waals surface area contributed by atoms with Crippen molar-refractivity contribution < 1.29 is 0 Å². The zero-order chi connectivity index (χ0) is 13.2. The zero-order valence-corrected chi connectivity index (χ0v) is 13.5. The number of rotatable bonds is 4. The summed E-state index contributed by atoms with van der Waals surface area (Å²) in [5.41, 5.74) is 1.21. The standard InChI is InChI=1S/C14H15BrClNS/c1-14(2,10-3-5-11(15)6-4-10)17-8-13-7-12(16)9-18-13/h3-7,9,17H,8H2,1-2H3. The molecule has 1 aromatic carbocycles. The van der Waals surface area contributed by atoms with Crippen molar-refractivity contribution in [2.75, 3.05) is 0 Å². The van der Waals surface area contributed by atoms with E-state index in [0.29, 0.717) is 0 Å². The molecule has 1 heterocycles. The predicted molar refractivity (Wildman–Crippen MR) is 83.3 cm³/mol. The number of hydrogen-bond donors (Lipinski definition) is 1. The molecule has 1 nitrogen and oxygen atoms in total. The first-order chi connectivity index (χ1) is 8.47. The second kappa shape index (κ2) is 5.74. The lowest BCUT2D eigenvalue weighted by Crippen LogP contribution is -2.35. The van der Waals surface area contributed by atoms with Gasteiger partial charge in [-0.1, -0.05) is 39.7 Å². The molecule has 0 atom stereocenters. The Labute approximate surface area is 125 Å². The lowest BCUT2D eigenvalue weighted by Gasteiger charge is -2.27. The fourth-order valence-electron chi connectivity index (χ4n) is 1.72. The van der Waals surface area contributed by atoms with Gasteiger partial charge in [-0.3, -0.25) is 0 Å². The molecule has 0 aliphatic heterocycles. The summed E-state index contributed by atoms with van der Waals surface area (Å²) >= 11 is 11.1. The Kier molecular flexibility index (Phi) is 4.49. The first-order valence-electron chi connectivity index (χ1n) is 5.71. The van der Waals surface area contributed by atoms with Crippen LogP contribution in [-0.2, 0) is 12.1 Å². The summed E-state index contributed by atoms with van der Waals surface area (Å²) in [5, 5.41) is 6.34. The minimum absolute atomic E-state index is 0.0584. The maximum atomic E-state index is 5.92. The van der Waals surface area contributed by atoms with E-state index in [9.17, 15) is 0 Å². The monoisotopic (exact) mass is 343 g/mol. The Morgan fingerprint density at radius 3 is 2.50 bits per heavy atom. The SMILES string of the molecule is CC(C)(NCc1cc(Cl)cs1)c1ccc(Br)cc1. The number of benzene rings is 1. The molecule has 0 aliphatic rings. The van der Waals surface area contributed by atoms with E-state index in [4.69, 9.17) is 11.6 Å². The number of halogens is 2. The highest BCUT2D eigenvalue weighted by Gasteiger charge is 2.19. The fourth-order valence-corrected chi connectivity index (χ4v) is 3.00. The first-order valence-corrected chi connectivity index (χ1v) is 7.76. The molecule has 96 valence electrons. The lowest BCUT2D eigenvalue weighted by atomic mass is 9.94. The van der Waals surface area contributed by atoms with Crippen LogP contribution in [0.15, 0.2) is 40.2 Å². The van der Waals surface area contributed by atoms with Gasteiger partial charge in [-0.15, -0.1) is 11.3 Å². The Morgan fingerprint density at radius 1 is 1.28 bits per heavy atom. The van der Waals surface area contributed by atoms with Gasteiger partial charge in [0.2, 0.25) is 0 Å². The Bertz CT molecular complexity index is 519. The molecule has 0 saturated carbocycles. The normalized spacial score (nSPS) is 11.8. The molecule has 2 rings (SSSR count). The summed E-state index contributed by atoms with van der Waals surface area (Å²) in [6, 6.07) is 10.4. The molecule has 1 N–H and O–H groups in total. The van der Waals surface area contributed by atoms with E-state index < -0.39 is 0 Å². The van der Waals surface area contributed by atoms with E-state index in [2.05, 4.69) is 59.4 Å². The lowest BCUT2D eigenvalue weighted by molar-refractivity contribution is 0.403. The van der Waals surface area contributed by atoms with E-state index in [1.165, 1.54) is 10.4 Å². The smallest absolute Gasteiger partial charge is 0.0516 e. The van der Waals surface area contributed by atoms with Crippen LogP contribution >= 0.6 is 38.9 Å². The highest BCUT2D eigenvalue weighted by molar-refractivity contribution is 9.10. The maximum absolute atomic E-state index is 5.92. The van der Waals surface area contributed by atoms with Crippen LogP contribution in [0, 0.1) is 0 Å². The van der Waals surface area contributed by atoms with Crippen molar-refractivity contribution in [3.8, 4) is 0 Å². The van der Waals surface area contributed by atoms with Gasteiger partial charge in [0.1, 0.15) is 0 Å². The van der Waals surface area contributed by atoms with Crippen molar-refractivity contribution >= 4 is 38.9 Å². The van der Waals surface area contributed by atoms with Crippen molar-refractivity contribution in [3.63, 3.8) is 0 Å². The van der Waals surface area contributed by atoms with Crippen molar-refractivity contribution in [1.29, 1.82) is 0 Å². The molecule has 0 fully saturated rings. The van der Waals surface area contributed by atoms with E-state index in [-0.39, 0.29) is 5.54 Å². The van der Waals surface area contributed by atoms with Gasteiger partial charge >= 0.3 is 0 Å². The molecule has 0 amide bonds. The number of thiophene rings is 1. The van der Waals surface area contributed by atoms with Gasteiger partial charge < -0.3 is 5.32 Å². The van der Waals surface area contributed by atoms with Gasteiger partial charge in [-0.2, -0.15) is 0 Å². The molecule has 2 aromatic rings. The predicted octanol–water partition coefficient (Wildman–Crippen LogP) is 5.19. The van der Waals surface area contributed by atoms with Crippen molar-refractivity contribution in [2.24, 2.45) is 0 Å². The van der Waals surface area contributed by atoms with Crippen LogP contribution in [0.4, 0.5) is 0 Å². The van der Waals surface area contributed by atoms with Crippen LogP contribution in [0.25, 0.3) is 0 Å². The molecule has 0 saturated heterocycles. The first kappa shape index (κ1) is 14.1. The van der Waals surface area contributed by atoms with Gasteiger partial charge in [-0.05, 0) is 37.6 Å². The van der Waals surface area contributed by atoms with Crippen LogP contribution in [0.5, 0.6) is 0 Å². The number of nitrogens with one attached hydrogen (secondary N) is 1. The summed E-state index contributed by atoms with van der Waals surface area (Å²) in [6.07, 6.45) is 0.